The van der Waals surface area contributed by atoms with Crippen molar-refractivity contribution in [3.63, 3.8) is 0 Å². The summed E-state index contributed by atoms with van der Waals surface area (Å²) in [4.78, 5) is 22.9. The van der Waals surface area contributed by atoms with E-state index in [-0.39, 0.29) is 34.8 Å². The molecule has 0 saturated carbocycles. The lowest BCUT2D eigenvalue weighted by Gasteiger charge is -2.36. The SMILES string of the molecule is CCOc1nn(C(F)F)cc1S(=O)(=O)N1C[C@H](C[C@@H](C)C(=O)O)Oc2ccc(NC(=O)OC(C)(C)C(F)(F)F)cc21. The third kappa shape index (κ3) is 6.91. The monoisotopic (exact) mass is 614 g/mol. The first-order valence-electron chi connectivity index (χ1n) is 12.0. The second-order valence-electron chi connectivity index (χ2n) is 9.45. The number of alkyl halides is 5. The second kappa shape index (κ2) is 11.6. The first kappa shape index (κ1) is 31.7. The number of fused-ring (bicyclic) bond motifs is 1. The summed E-state index contributed by atoms with van der Waals surface area (Å²) >= 11 is 0. The van der Waals surface area contributed by atoms with Crippen LogP contribution in [0, 0.1) is 5.92 Å². The molecule has 0 fully saturated rings. The van der Waals surface area contributed by atoms with Crippen LogP contribution in [0.5, 0.6) is 11.6 Å². The number of benzene rings is 1. The molecule has 1 aromatic heterocycles. The minimum Gasteiger partial charge on any atom is -0.486 e. The number of carboxylic acid groups (broad SMARTS) is 1. The number of sulfonamides is 1. The summed E-state index contributed by atoms with van der Waals surface area (Å²) in [5.74, 6) is -2.86. The number of carbonyl (C=O) groups excluding carboxylic acids is 1. The van der Waals surface area contributed by atoms with Gasteiger partial charge in [-0.1, -0.05) is 6.92 Å². The van der Waals surface area contributed by atoms with Crippen molar-refractivity contribution in [3.8, 4) is 11.6 Å². The summed E-state index contributed by atoms with van der Waals surface area (Å²) in [6.45, 7) is 0.301. The van der Waals surface area contributed by atoms with Gasteiger partial charge >= 0.3 is 24.8 Å². The maximum atomic E-state index is 13.8. The first-order valence-corrected chi connectivity index (χ1v) is 13.4. The minimum absolute atomic E-state index is 0.0829. The molecule has 3 rings (SSSR count). The summed E-state index contributed by atoms with van der Waals surface area (Å²) < 4.78 is 110. The van der Waals surface area contributed by atoms with Crippen LogP contribution >= 0.6 is 0 Å². The van der Waals surface area contributed by atoms with Crippen LogP contribution in [0.2, 0.25) is 0 Å². The molecule has 1 aliphatic heterocycles. The molecule has 2 heterocycles. The third-order valence-electron chi connectivity index (χ3n) is 5.92. The molecule has 1 aliphatic rings. The quantitative estimate of drug-likeness (QED) is 0.365. The molecular weight excluding hydrogens is 587 g/mol. The van der Waals surface area contributed by atoms with Gasteiger partial charge in [-0.05, 0) is 45.4 Å². The fourth-order valence-corrected chi connectivity index (χ4v) is 5.22. The number of hydrogen-bond acceptors (Lipinski definition) is 8. The fraction of sp³-hybridized carbons (Fsp3) is 0.522. The van der Waals surface area contributed by atoms with Crippen molar-refractivity contribution in [1.82, 2.24) is 9.78 Å². The molecule has 0 aliphatic carbocycles. The number of carbonyl (C=O) groups is 2. The molecular formula is C23H27F5N4O8S. The highest BCUT2D eigenvalue weighted by atomic mass is 32.2. The summed E-state index contributed by atoms with van der Waals surface area (Å²) in [7, 11) is -4.75. The van der Waals surface area contributed by atoms with E-state index in [4.69, 9.17) is 9.47 Å². The number of anilines is 2. The van der Waals surface area contributed by atoms with Gasteiger partial charge in [0.1, 0.15) is 11.9 Å². The lowest BCUT2D eigenvalue weighted by molar-refractivity contribution is -0.242. The van der Waals surface area contributed by atoms with Crippen LogP contribution < -0.4 is 19.1 Å². The number of amides is 1. The normalized spacial score (nSPS) is 16.5. The second-order valence-corrected chi connectivity index (χ2v) is 11.3. The van der Waals surface area contributed by atoms with Crippen LogP contribution in [0.25, 0.3) is 0 Å². The Morgan fingerprint density at radius 2 is 1.93 bits per heavy atom. The summed E-state index contributed by atoms with van der Waals surface area (Å²) in [6, 6.07) is 3.45. The standard InChI is InChI=1S/C23H27F5N4O8S/c1-5-38-18-17(11-31(30-18)20(24)25)41(36,37)32-10-14(8-12(2)19(33)34)39-16-7-6-13(9-15(16)32)29-21(35)40-22(3,4)23(26,27)28/h6-7,9,11-12,14,20H,5,8,10H2,1-4H3,(H,29,35)(H,33,34)/t12-,14+/m1/s1. The number of nitrogens with one attached hydrogen (secondary N) is 1. The van der Waals surface area contributed by atoms with Gasteiger partial charge in [-0.2, -0.15) is 22.0 Å². The van der Waals surface area contributed by atoms with E-state index in [1.165, 1.54) is 26.0 Å². The van der Waals surface area contributed by atoms with Crippen molar-refractivity contribution >= 4 is 33.5 Å². The maximum absolute atomic E-state index is 13.8. The molecule has 0 spiro atoms. The van der Waals surface area contributed by atoms with Gasteiger partial charge in [0, 0.05) is 5.69 Å². The zero-order valence-corrected chi connectivity index (χ0v) is 22.9. The maximum Gasteiger partial charge on any atom is 0.427 e. The molecule has 18 heteroatoms. The Morgan fingerprint density at radius 3 is 2.49 bits per heavy atom. The topological polar surface area (TPSA) is 149 Å². The first-order chi connectivity index (χ1) is 18.9. The highest BCUT2D eigenvalue weighted by molar-refractivity contribution is 7.93. The molecule has 2 atom stereocenters. The van der Waals surface area contributed by atoms with Gasteiger partial charge < -0.3 is 19.3 Å². The summed E-state index contributed by atoms with van der Waals surface area (Å²) in [5, 5.41) is 14.9. The van der Waals surface area contributed by atoms with Gasteiger partial charge in [-0.25, -0.2) is 17.9 Å². The highest BCUT2D eigenvalue weighted by Crippen LogP contribution is 2.42. The van der Waals surface area contributed by atoms with Crippen molar-refractivity contribution in [3.05, 3.63) is 24.4 Å². The Labute approximate surface area is 231 Å². The molecule has 0 radical (unpaired) electrons. The van der Waals surface area contributed by atoms with E-state index in [9.17, 15) is 45.1 Å². The Morgan fingerprint density at radius 1 is 1.27 bits per heavy atom. The van der Waals surface area contributed by atoms with E-state index >= 15 is 0 Å². The smallest absolute Gasteiger partial charge is 0.427 e. The molecule has 1 amide bonds. The number of carboxylic acids is 1. The lowest BCUT2D eigenvalue weighted by Crippen LogP contribution is -2.45. The Balaban J connectivity index is 2.05. The van der Waals surface area contributed by atoms with Crippen LogP contribution in [0.15, 0.2) is 29.3 Å². The van der Waals surface area contributed by atoms with Crippen molar-refractivity contribution in [2.45, 2.75) is 63.4 Å². The minimum atomic E-state index is -4.89. The summed E-state index contributed by atoms with van der Waals surface area (Å²) in [6.07, 6.45) is -6.98. The van der Waals surface area contributed by atoms with Crippen molar-refractivity contribution < 1.29 is 59.3 Å². The molecule has 0 saturated heterocycles. The predicted molar refractivity (Wildman–Crippen MR) is 132 cm³/mol. The van der Waals surface area contributed by atoms with E-state index in [0.29, 0.717) is 20.0 Å². The van der Waals surface area contributed by atoms with E-state index in [1.54, 1.807) is 0 Å². The molecule has 0 unspecified atom stereocenters. The van der Waals surface area contributed by atoms with Gasteiger partial charge in [0.2, 0.25) is 5.60 Å². The Hall–Kier alpha value is -3.83. The number of aromatic nitrogens is 2. The van der Waals surface area contributed by atoms with Gasteiger partial charge in [0.25, 0.3) is 15.9 Å². The number of halogens is 5. The average Bonchev–Trinajstić information content (AvgIpc) is 3.28. The fourth-order valence-electron chi connectivity index (χ4n) is 3.66. The zero-order chi connectivity index (χ0) is 30.9. The van der Waals surface area contributed by atoms with Crippen LogP contribution in [0.3, 0.4) is 0 Å². The molecule has 2 aromatic rings. The van der Waals surface area contributed by atoms with E-state index in [0.717, 1.165) is 10.4 Å². The number of ether oxygens (including phenoxy) is 3. The largest absolute Gasteiger partial charge is 0.486 e. The van der Waals surface area contributed by atoms with Crippen LogP contribution in [-0.4, -0.2) is 66.4 Å². The number of rotatable bonds is 10. The lowest BCUT2D eigenvalue weighted by atomic mass is 10.0. The van der Waals surface area contributed by atoms with E-state index in [1.807, 2.05) is 0 Å². The van der Waals surface area contributed by atoms with Crippen molar-refractivity contribution in [2.75, 3.05) is 22.8 Å². The van der Waals surface area contributed by atoms with E-state index < -0.39 is 69.8 Å². The van der Waals surface area contributed by atoms with Crippen LogP contribution in [-0.2, 0) is 19.6 Å². The number of aliphatic carboxylic acids is 1. The van der Waals surface area contributed by atoms with Crippen LogP contribution in [0.4, 0.5) is 38.1 Å². The van der Waals surface area contributed by atoms with Crippen molar-refractivity contribution in [2.24, 2.45) is 5.92 Å². The Kier molecular flexibility index (Phi) is 8.95. The molecule has 2 N–H and O–H groups in total. The van der Waals surface area contributed by atoms with Gasteiger partial charge in [-0.15, -0.1) is 5.10 Å². The molecule has 1 aromatic carbocycles. The van der Waals surface area contributed by atoms with E-state index in [2.05, 4.69) is 15.2 Å². The molecule has 228 valence electrons. The van der Waals surface area contributed by atoms with Gasteiger partial charge in [0.15, 0.2) is 4.90 Å². The summed E-state index contributed by atoms with van der Waals surface area (Å²) in [5.41, 5.74) is -3.27. The molecule has 12 nitrogen and oxygen atoms in total. The van der Waals surface area contributed by atoms with Crippen molar-refractivity contribution in [1.29, 1.82) is 0 Å². The predicted octanol–water partition coefficient (Wildman–Crippen LogP) is 4.63. The number of hydrogen-bond donors (Lipinski definition) is 2. The zero-order valence-electron chi connectivity index (χ0n) is 22.1. The molecule has 41 heavy (non-hydrogen) atoms. The Bertz CT molecular complexity index is 1400. The third-order valence-corrected chi connectivity index (χ3v) is 7.68. The van der Waals surface area contributed by atoms with Gasteiger partial charge in [-0.3, -0.25) is 14.4 Å². The van der Waals surface area contributed by atoms with Crippen LogP contribution in [0.1, 0.15) is 40.7 Å². The highest BCUT2D eigenvalue weighted by Gasteiger charge is 2.51. The number of nitrogens with zero attached hydrogens (tertiary/aromatic N) is 3. The van der Waals surface area contributed by atoms with Gasteiger partial charge in [0.05, 0.1) is 31.0 Å². The average molecular weight is 615 g/mol. The molecule has 0 bridgehead atoms.